The third-order valence-corrected chi connectivity index (χ3v) is 9.44. The van der Waals surface area contributed by atoms with Gasteiger partial charge in [0.1, 0.15) is 0 Å². The molecule has 24 heavy (non-hydrogen) atoms. The summed E-state index contributed by atoms with van der Waals surface area (Å²) in [5.74, 6) is 2.98. The molecule has 3 nitrogen and oxygen atoms in total. The van der Waals surface area contributed by atoms with Crippen LogP contribution >= 0.6 is 0 Å². The number of hydrogen-bond acceptors (Lipinski definition) is 3. The highest BCUT2D eigenvalue weighted by Crippen LogP contribution is 2.69. The van der Waals surface area contributed by atoms with E-state index in [-0.39, 0.29) is 17.3 Å². The lowest BCUT2D eigenvalue weighted by atomic mass is 9.45. The second-order valence-electron chi connectivity index (χ2n) is 10.0. The van der Waals surface area contributed by atoms with Gasteiger partial charge in [-0.3, -0.25) is 0 Å². The van der Waals surface area contributed by atoms with Crippen molar-refractivity contribution in [1.82, 2.24) is 0 Å². The molecule has 0 radical (unpaired) electrons. The second kappa shape index (κ2) is 5.20. The Balaban J connectivity index is 1.45. The number of aliphatic hydroxyl groups is 1. The van der Waals surface area contributed by atoms with Gasteiger partial charge in [-0.1, -0.05) is 13.8 Å². The van der Waals surface area contributed by atoms with Gasteiger partial charge in [0.15, 0.2) is 5.79 Å². The zero-order valence-electron chi connectivity index (χ0n) is 15.4. The summed E-state index contributed by atoms with van der Waals surface area (Å²) in [6.45, 7) is 6.61. The summed E-state index contributed by atoms with van der Waals surface area (Å²) in [6.07, 6.45) is 11.0. The molecule has 0 aromatic carbocycles. The van der Waals surface area contributed by atoms with E-state index >= 15 is 0 Å². The summed E-state index contributed by atoms with van der Waals surface area (Å²) >= 11 is 0. The van der Waals surface area contributed by atoms with Crippen molar-refractivity contribution in [3.05, 3.63) is 0 Å². The smallest absolute Gasteiger partial charge is 0.174 e. The van der Waals surface area contributed by atoms with E-state index in [0.717, 1.165) is 56.1 Å². The molecule has 5 rings (SSSR count). The molecular weight excluding hydrogens is 300 g/mol. The van der Waals surface area contributed by atoms with Crippen LogP contribution in [0.3, 0.4) is 0 Å². The lowest BCUT2D eigenvalue weighted by Crippen LogP contribution is -2.57. The third-order valence-electron chi connectivity index (χ3n) is 9.44. The monoisotopic (exact) mass is 334 g/mol. The van der Waals surface area contributed by atoms with Gasteiger partial charge >= 0.3 is 0 Å². The van der Waals surface area contributed by atoms with E-state index in [1.807, 2.05) is 0 Å². The minimum atomic E-state index is -0.261. The molecule has 0 aromatic rings. The molecule has 0 unspecified atom stereocenters. The average molecular weight is 335 g/mol. The first-order valence-corrected chi connectivity index (χ1v) is 10.4. The van der Waals surface area contributed by atoms with Crippen molar-refractivity contribution in [2.75, 3.05) is 13.2 Å². The summed E-state index contributed by atoms with van der Waals surface area (Å²) in [4.78, 5) is 0. The molecule has 1 saturated heterocycles. The number of ether oxygens (including phenoxy) is 2. The molecule has 1 aliphatic heterocycles. The lowest BCUT2D eigenvalue weighted by molar-refractivity contribution is -0.247. The Morgan fingerprint density at radius 3 is 2.38 bits per heavy atom. The molecule has 1 N–H and O–H groups in total. The molecule has 0 amide bonds. The van der Waals surface area contributed by atoms with Crippen LogP contribution < -0.4 is 0 Å². The first-order chi connectivity index (χ1) is 11.5. The summed E-state index contributed by atoms with van der Waals surface area (Å²) in [7, 11) is 0. The van der Waals surface area contributed by atoms with Crippen LogP contribution in [0.25, 0.3) is 0 Å². The molecular formula is C21H34O3. The standard InChI is InChI=1S/C21H34O3/c1-19-8-5-15(22)13-14(19)3-4-16-17(19)6-9-20(2)18(16)7-10-21(20)23-11-12-24-21/h14-18,22H,3-13H2,1-2H3/t14-,15+,16+,17-,18+,19-,20+/m0/s1. The van der Waals surface area contributed by atoms with Gasteiger partial charge in [0.2, 0.25) is 0 Å². The van der Waals surface area contributed by atoms with Crippen molar-refractivity contribution < 1.29 is 14.6 Å². The highest BCUT2D eigenvalue weighted by molar-refractivity contribution is 5.12. The van der Waals surface area contributed by atoms with Crippen LogP contribution in [-0.4, -0.2) is 30.2 Å². The Morgan fingerprint density at radius 2 is 1.58 bits per heavy atom. The van der Waals surface area contributed by atoms with Crippen molar-refractivity contribution >= 4 is 0 Å². The van der Waals surface area contributed by atoms with Gasteiger partial charge in [-0.25, -0.2) is 0 Å². The predicted molar refractivity (Wildman–Crippen MR) is 92.4 cm³/mol. The first kappa shape index (κ1) is 16.1. The van der Waals surface area contributed by atoms with Gasteiger partial charge in [0.25, 0.3) is 0 Å². The van der Waals surface area contributed by atoms with Crippen molar-refractivity contribution in [3.8, 4) is 0 Å². The summed E-state index contributed by atoms with van der Waals surface area (Å²) in [5.41, 5.74) is 0.693. The van der Waals surface area contributed by atoms with E-state index < -0.39 is 0 Å². The van der Waals surface area contributed by atoms with Gasteiger partial charge in [-0.2, -0.15) is 0 Å². The van der Waals surface area contributed by atoms with E-state index in [4.69, 9.17) is 9.47 Å². The fourth-order valence-electron chi connectivity index (χ4n) is 8.12. The average Bonchev–Trinajstić information content (AvgIpc) is 3.15. The molecule has 4 aliphatic carbocycles. The Bertz CT molecular complexity index is 513. The van der Waals surface area contributed by atoms with Gasteiger partial charge in [-0.05, 0) is 80.5 Å². The highest BCUT2D eigenvalue weighted by atomic mass is 16.7. The molecule has 1 heterocycles. The van der Waals surface area contributed by atoms with Crippen LogP contribution in [0.1, 0.15) is 71.6 Å². The van der Waals surface area contributed by atoms with Crippen molar-refractivity contribution in [2.45, 2.75) is 83.5 Å². The molecule has 7 atom stereocenters. The minimum absolute atomic E-state index is 0.0384. The number of aliphatic hydroxyl groups excluding tert-OH is 1. The van der Waals surface area contributed by atoms with Crippen LogP contribution in [0.4, 0.5) is 0 Å². The van der Waals surface area contributed by atoms with Gasteiger partial charge < -0.3 is 14.6 Å². The Labute approximate surface area is 146 Å². The normalized spacial score (nSPS) is 55.9. The molecule has 136 valence electrons. The summed E-state index contributed by atoms with van der Waals surface area (Å²) in [6, 6.07) is 0. The van der Waals surface area contributed by atoms with Crippen molar-refractivity contribution in [3.63, 3.8) is 0 Å². The maximum absolute atomic E-state index is 10.2. The predicted octanol–water partition coefficient (Wildman–Crippen LogP) is 4.13. The molecule has 1 spiro atoms. The molecule has 0 bridgehead atoms. The van der Waals surface area contributed by atoms with Crippen LogP contribution in [0.15, 0.2) is 0 Å². The molecule has 5 aliphatic rings. The summed E-state index contributed by atoms with van der Waals surface area (Å²) in [5, 5.41) is 10.2. The fourth-order valence-corrected chi connectivity index (χ4v) is 8.12. The Morgan fingerprint density at radius 1 is 0.833 bits per heavy atom. The van der Waals surface area contributed by atoms with Crippen LogP contribution in [0.2, 0.25) is 0 Å². The van der Waals surface area contributed by atoms with Crippen LogP contribution in [-0.2, 0) is 9.47 Å². The maximum Gasteiger partial charge on any atom is 0.174 e. The van der Waals surface area contributed by atoms with E-state index in [0.29, 0.717) is 5.41 Å². The molecule has 0 aromatic heterocycles. The second-order valence-corrected chi connectivity index (χ2v) is 10.0. The maximum atomic E-state index is 10.2. The largest absolute Gasteiger partial charge is 0.393 e. The summed E-state index contributed by atoms with van der Waals surface area (Å²) < 4.78 is 12.5. The van der Waals surface area contributed by atoms with Gasteiger partial charge in [0.05, 0.1) is 19.3 Å². The van der Waals surface area contributed by atoms with E-state index in [1.165, 1.54) is 38.5 Å². The van der Waals surface area contributed by atoms with Gasteiger partial charge in [0, 0.05) is 11.8 Å². The SMILES string of the molecule is C[C@]12CC[C@@H](O)C[C@@H]1CC[C@H]1[C@H]3CCC4(OCCO4)[C@]3(C)CC[C@@H]12. The molecule has 4 saturated carbocycles. The number of fused-ring (bicyclic) bond motifs is 6. The number of hydrogen-bond donors (Lipinski definition) is 1. The molecule has 3 heteroatoms. The zero-order valence-corrected chi connectivity index (χ0v) is 15.4. The Kier molecular flexibility index (Phi) is 3.49. The lowest BCUT2D eigenvalue weighted by Gasteiger charge is -2.61. The van der Waals surface area contributed by atoms with Crippen LogP contribution in [0, 0.1) is 34.5 Å². The van der Waals surface area contributed by atoms with E-state index in [9.17, 15) is 5.11 Å². The quantitative estimate of drug-likeness (QED) is 0.724. The van der Waals surface area contributed by atoms with Gasteiger partial charge in [-0.15, -0.1) is 0 Å². The third kappa shape index (κ3) is 1.90. The topological polar surface area (TPSA) is 38.7 Å². The first-order valence-electron chi connectivity index (χ1n) is 10.4. The van der Waals surface area contributed by atoms with Crippen molar-refractivity contribution in [1.29, 1.82) is 0 Å². The highest BCUT2D eigenvalue weighted by Gasteiger charge is 2.67. The van der Waals surface area contributed by atoms with Crippen LogP contribution in [0.5, 0.6) is 0 Å². The molecule has 5 fully saturated rings. The minimum Gasteiger partial charge on any atom is -0.393 e. The van der Waals surface area contributed by atoms with Crippen molar-refractivity contribution in [2.24, 2.45) is 34.5 Å². The fraction of sp³-hybridized carbons (Fsp3) is 1.00. The van der Waals surface area contributed by atoms with E-state index in [2.05, 4.69) is 13.8 Å². The zero-order chi connectivity index (χ0) is 16.6. The Hall–Kier alpha value is -0.120. The van der Waals surface area contributed by atoms with E-state index in [1.54, 1.807) is 0 Å². The number of rotatable bonds is 0.